The van der Waals surface area contributed by atoms with Crippen LogP contribution in [0, 0.1) is 0 Å². The van der Waals surface area contributed by atoms with Crippen LogP contribution in [-0.4, -0.2) is 30.9 Å². The molecule has 1 aromatic heterocycles. The largest absolute Gasteiger partial charge is 0.389 e. The number of aliphatic hydroxyl groups is 1. The molecule has 0 aliphatic heterocycles. The van der Waals surface area contributed by atoms with E-state index < -0.39 is 5.60 Å². The maximum atomic E-state index is 10.6. The van der Waals surface area contributed by atoms with Crippen molar-refractivity contribution >= 4 is 0 Å². The van der Waals surface area contributed by atoms with Gasteiger partial charge in [-0.3, -0.25) is 0 Å². The molecule has 1 aromatic carbocycles. The molecule has 1 N–H and O–H groups in total. The van der Waals surface area contributed by atoms with Gasteiger partial charge in [-0.25, -0.2) is 0 Å². The Kier molecular flexibility index (Phi) is 2.22. The summed E-state index contributed by atoms with van der Waals surface area (Å²) in [4.78, 5) is 1.42. The second kappa shape index (κ2) is 3.63. The molecule has 0 saturated carbocycles. The van der Waals surface area contributed by atoms with Gasteiger partial charge in [0.25, 0.3) is 0 Å². The van der Waals surface area contributed by atoms with Crippen molar-refractivity contribution in [1.29, 1.82) is 0 Å². The summed E-state index contributed by atoms with van der Waals surface area (Å²) in [5, 5.41) is 22.4. The fourth-order valence-corrected chi connectivity index (χ4v) is 2.49. The maximum absolute atomic E-state index is 10.6. The third kappa shape index (κ3) is 1.93. The average molecular weight is 230 g/mol. The monoisotopic (exact) mass is 230 g/mol. The summed E-state index contributed by atoms with van der Waals surface area (Å²) in [5.41, 5.74) is 1.69. The standard InChI is InChI=1S/C12H14N4O/c1-16-14-11(13-15-16)8-12(17)6-9-4-2-3-5-10(9)7-12/h2-5,17H,6-8H2,1H3. The van der Waals surface area contributed by atoms with Gasteiger partial charge < -0.3 is 5.11 Å². The molecular formula is C12H14N4O. The first-order chi connectivity index (χ1) is 8.15. The zero-order chi connectivity index (χ0) is 11.9. The maximum Gasteiger partial charge on any atom is 0.177 e. The molecule has 5 nitrogen and oxygen atoms in total. The van der Waals surface area contributed by atoms with Crippen LogP contribution in [0.25, 0.3) is 0 Å². The second-order valence-corrected chi connectivity index (χ2v) is 4.72. The van der Waals surface area contributed by atoms with Crippen LogP contribution >= 0.6 is 0 Å². The third-order valence-corrected chi connectivity index (χ3v) is 3.19. The van der Waals surface area contributed by atoms with E-state index in [1.807, 2.05) is 12.1 Å². The molecule has 1 aliphatic rings. The second-order valence-electron chi connectivity index (χ2n) is 4.72. The smallest absolute Gasteiger partial charge is 0.177 e. The highest BCUT2D eigenvalue weighted by Gasteiger charge is 2.36. The van der Waals surface area contributed by atoms with E-state index in [9.17, 15) is 5.11 Å². The van der Waals surface area contributed by atoms with Gasteiger partial charge in [-0.1, -0.05) is 24.3 Å². The van der Waals surface area contributed by atoms with Crippen molar-refractivity contribution in [3.63, 3.8) is 0 Å². The van der Waals surface area contributed by atoms with Crippen LogP contribution < -0.4 is 0 Å². The minimum Gasteiger partial charge on any atom is -0.389 e. The van der Waals surface area contributed by atoms with Gasteiger partial charge in [0.2, 0.25) is 0 Å². The van der Waals surface area contributed by atoms with E-state index in [0.717, 1.165) is 0 Å². The summed E-state index contributed by atoms with van der Waals surface area (Å²) >= 11 is 0. The van der Waals surface area contributed by atoms with Crippen molar-refractivity contribution in [2.24, 2.45) is 7.05 Å². The minimum atomic E-state index is -0.757. The quantitative estimate of drug-likeness (QED) is 0.805. The number of tetrazole rings is 1. The number of aromatic nitrogens is 4. The first-order valence-electron chi connectivity index (χ1n) is 5.67. The molecule has 17 heavy (non-hydrogen) atoms. The van der Waals surface area contributed by atoms with Crippen LogP contribution in [0.4, 0.5) is 0 Å². The number of hydrogen-bond acceptors (Lipinski definition) is 4. The summed E-state index contributed by atoms with van der Waals surface area (Å²) in [6.45, 7) is 0. The summed E-state index contributed by atoms with van der Waals surface area (Å²) < 4.78 is 0. The fourth-order valence-electron chi connectivity index (χ4n) is 2.49. The lowest BCUT2D eigenvalue weighted by Gasteiger charge is -2.19. The number of nitrogens with zero attached hydrogens (tertiary/aromatic N) is 4. The molecule has 1 aliphatic carbocycles. The molecule has 0 fully saturated rings. The molecule has 0 saturated heterocycles. The van der Waals surface area contributed by atoms with Crippen LogP contribution in [0.5, 0.6) is 0 Å². The van der Waals surface area contributed by atoms with Gasteiger partial charge >= 0.3 is 0 Å². The van der Waals surface area contributed by atoms with E-state index in [-0.39, 0.29) is 0 Å². The summed E-state index contributed by atoms with van der Waals surface area (Å²) in [7, 11) is 1.73. The molecule has 3 rings (SSSR count). The lowest BCUT2D eigenvalue weighted by molar-refractivity contribution is 0.0497. The van der Waals surface area contributed by atoms with Crippen LogP contribution in [0.15, 0.2) is 24.3 Å². The molecule has 88 valence electrons. The van der Waals surface area contributed by atoms with E-state index in [1.54, 1.807) is 7.05 Å². The van der Waals surface area contributed by atoms with Crippen LogP contribution in [0.2, 0.25) is 0 Å². The molecule has 0 radical (unpaired) electrons. The number of rotatable bonds is 2. The Morgan fingerprint density at radius 2 is 1.94 bits per heavy atom. The molecular weight excluding hydrogens is 216 g/mol. The minimum absolute atomic E-state index is 0.454. The zero-order valence-electron chi connectivity index (χ0n) is 9.67. The zero-order valence-corrected chi connectivity index (χ0v) is 9.67. The van der Waals surface area contributed by atoms with Crippen LogP contribution in [-0.2, 0) is 26.3 Å². The number of hydrogen-bond donors (Lipinski definition) is 1. The van der Waals surface area contributed by atoms with Gasteiger partial charge in [0.15, 0.2) is 5.82 Å². The lowest BCUT2D eigenvalue weighted by Crippen LogP contribution is -2.32. The van der Waals surface area contributed by atoms with Gasteiger partial charge in [0, 0.05) is 19.3 Å². The van der Waals surface area contributed by atoms with E-state index in [4.69, 9.17) is 0 Å². The Morgan fingerprint density at radius 3 is 2.47 bits per heavy atom. The number of fused-ring (bicyclic) bond motifs is 1. The van der Waals surface area contributed by atoms with E-state index >= 15 is 0 Å². The van der Waals surface area contributed by atoms with Crippen molar-refractivity contribution < 1.29 is 5.11 Å². The molecule has 2 aromatic rings. The topological polar surface area (TPSA) is 63.8 Å². The first-order valence-corrected chi connectivity index (χ1v) is 5.67. The Balaban J connectivity index is 1.82. The van der Waals surface area contributed by atoms with Crippen molar-refractivity contribution in [3.05, 3.63) is 41.2 Å². The number of aryl methyl sites for hydroxylation is 1. The molecule has 1 heterocycles. The SMILES string of the molecule is Cn1nnc(CC2(O)Cc3ccccc3C2)n1. The van der Waals surface area contributed by atoms with Gasteiger partial charge in [-0.05, 0) is 16.3 Å². The Hall–Kier alpha value is -1.75. The highest BCUT2D eigenvalue weighted by molar-refractivity contribution is 5.35. The molecule has 0 bridgehead atoms. The van der Waals surface area contributed by atoms with Gasteiger partial charge in [0.05, 0.1) is 12.6 Å². The Morgan fingerprint density at radius 1 is 1.29 bits per heavy atom. The van der Waals surface area contributed by atoms with Crippen LogP contribution in [0.3, 0.4) is 0 Å². The molecule has 0 amide bonds. The Labute approximate surface area is 99.1 Å². The first kappa shape index (κ1) is 10.4. The van der Waals surface area contributed by atoms with Gasteiger partial charge in [-0.2, -0.15) is 4.80 Å². The highest BCUT2D eigenvalue weighted by Crippen LogP contribution is 2.31. The number of benzene rings is 1. The van der Waals surface area contributed by atoms with E-state index in [0.29, 0.717) is 25.1 Å². The van der Waals surface area contributed by atoms with Crippen molar-refractivity contribution in [2.75, 3.05) is 0 Å². The van der Waals surface area contributed by atoms with Crippen molar-refractivity contribution in [2.45, 2.75) is 24.9 Å². The predicted octanol–water partition coefficient (Wildman–Crippen LogP) is 0.282. The molecule has 0 unspecified atom stereocenters. The van der Waals surface area contributed by atoms with Gasteiger partial charge in [-0.15, -0.1) is 10.2 Å². The van der Waals surface area contributed by atoms with Crippen LogP contribution in [0.1, 0.15) is 17.0 Å². The normalized spacial score (nSPS) is 17.1. The van der Waals surface area contributed by atoms with Crippen molar-refractivity contribution in [1.82, 2.24) is 20.2 Å². The summed E-state index contributed by atoms with van der Waals surface area (Å²) in [6.07, 6.45) is 1.79. The third-order valence-electron chi connectivity index (χ3n) is 3.19. The Bertz CT molecular complexity index is 524. The molecule has 0 spiro atoms. The molecule has 5 heteroatoms. The van der Waals surface area contributed by atoms with Gasteiger partial charge in [0.1, 0.15) is 0 Å². The average Bonchev–Trinajstić information content (AvgIpc) is 2.81. The molecule has 0 atom stereocenters. The van der Waals surface area contributed by atoms with Crippen molar-refractivity contribution in [3.8, 4) is 0 Å². The van der Waals surface area contributed by atoms with E-state index in [1.165, 1.54) is 15.9 Å². The van der Waals surface area contributed by atoms with E-state index in [2.05, 4.69) is 27.5 Å². The highest BCUT2D eigenvalue weighted by atomic mass is 16.3. The summed E-state index contributed by atoms with van der Waals surface area (Å²) in [5.74, 6) is 0.600. The predicted molar refractivity (Wildman–Crippen MR) is 61.3 cm³/mol. The lowest BCUT2D eigenvalue weighted by atomic mass is 9.96. The summed E-state index contributed by atoms with van der Waals surface area (Å²) in [6, 6.07) is 8.14. The fraction of sp³-hybridized carbons (Fsp3) is 0.417.